The summed E-state index contributed by atoms with van der Waals surface area (Å²) in [6, 6.07) is 21.7. The van der Waals surface area contributed by atoms with Crippen LogP contribution in [0.3, 0.4) is 0 Å². The van der Waals surface area contributed by atoms with Crippen LogP contribution in [0, 0.1) is 0 Å². The normalized spacial score (nSPS) is 11.9. The average molecular weight is 290 g/mol. The van der Waals surface area contributed by atoms with Gasteiger partial charge in [-0.25, -0.2) is 0 Å². The number of nitrogens with two attached hydrogens (primary N) is 1. The molecule has 2 N–H and O–H groups in total. The van der Waals surface area contributed by atoms with E-state index in [1.54, 1.807) is 0 Å². The van der Waals surface area contributed by atoms with Gasteiger partial charge in [-0.2, -0.15) is 0 Å². The Balaban J connectivity index is 0.00000200. The van der Waals surface area contributed by atoms with Crippen molar-refractivity contribution in [2.24, 2.45) is 5.73 Å². The first-order chi connectivity index (χ1) is 9.31. The molecule has 0 saturated heterocycles. The molecule has 0 heterocycles. The molecule has 2 rings (SSSR count). The molecule has 1 nitrogen and oxygen atoms in total. The first-order valence-corrected chi connectivity index (χ1v) is 7.16. The fraction of sp³-hybridized carbons (Fsp3) is 0.333. The monoisotopic (exact) mass is 289 g/mol. The Labute approximate surface area is 128 Å². The highest BCUT2D eigenvalue weighted by Crippen LogP contribution is 2.29. The molecule has 108 valence electrons. The molecule has 0 spiro atoms. The van der Waals surface area contributed by atoms with Gasteiger partial charge in [-0.15, -0.1) is 12.4 Å². The van der Waals surface area contributed by atoms with Crippen LogP contribution in [0.1, 0.15) is 43.2 Å². The van der Waals surface area contributed by atoms with Crippen molar-refractivity contribution in [3.63, 3.8) is 0 Å². The van der Waals surface area contributed by atoms with Gasteiger partial charge in [0.15, 0.2) is 0 Å². The third kappa shape index (κ3) is 4.66. The predicted molar refractivity (Wildman–Crippen MR) is 89.5 cm³/mol. The fourth-order valence-electron chi connectivity index (χ4n) is 2.63. The highest BCUT2D eigenvalue weighted by molar-refractivity contribution is 5.85. The quantitative estimate of drug-likeness (QED) is 0.815. The van der Waals surface area contributed by atoms with Crippen LogP contribution in [-0.2, 0) is 0 Å². The summed E-state index contributed by atoms with van der Waals surface area (Å²) >= 11 is 0. The standard InChI is InChI=1S/C18H23N.ClH/c1-2-9-17(19)14-18(15-10-5-3-6-11-15)16-12-7-4-8-13-16;/h3-8,10-13,17-18H,2,9,14,19H2,1H3;1H. The molecule has 0 aliphatic carbocycles. The highest BCUT2D eigenvalue weighted by Gasteiger charge is 2.16. The fourth-order valence-corrected chi connectivity index (χ4v) is 2.63. The second kappa shape index (κ2) is 8.78. The van der Waals surface area contributed by atoms with E-state index in [2.05, 4.69) is 67.6 Å². The van der Waals surface area contributed by atoms with Crippen LogP contribution < -0.4 is 5.73 Å². The van der Waals surface area contributed by atoms with Gasteiger partial charge in [0.05, 0.1) is 0 Å². The largest absolute Gasteiger partial charge is 0.328 e. The predicted octanol–water partition coefficient (Wildman–Crippen LogP) is 4.76. The summed E-state index contributed by atoms with van der Waals surface area (Å²) in [6.07, 6.45) is 3.26. The van der Waals surface area contributed by atoms with Crippen molar-refractivity contribution >= 4 is 12.4 Å². The maximum absolute atomic E-state index is 6.26. The number of hydrogen-bond acceptors (Lipinski definition) is 1. The molecule has 1 unspecified atom stereocenters. The van der Waals surface area contributed by atoms with E-state index < -0.39 is 0 Å². The van der Waals surface area contributed by atoms with E-state index in [0.29, 0.717) is 5.92 Å². The lowest BCUT2D eigenvalue weighted by Gasteiger charge is -2.22. The first-order valence-electron chi connectivity index (χ1n) is 7.16. The SMILES string of the molecule is CCCC(N)CC(c1ccccc1)c1ccccc1.Cl. The van der Waals surface area contributed by atoms with Gasteiger partial charge < -0.3 is 5.73 Å². The summed E-state index contributed by atoms with van der Waals surface area (Å²) in [4.78, 5) is 0. The summed E-state index contributed by atoms with van der Waals surface area (Å²) in [5.74, 6) is 0.406. The van der Waals surface area contributed by atoms with Gasteiger partial charge in [-0.3, -0.25) is 0 Å². The zero-order valence-electron chi connectivity index (χ0n) is 12.0. The molecule has 0 amide bonds. The van der Waals surface area contributed by atoms with Gasteiger partial charge in [0.25, 0.3) is 0 Å². The third-order valence-electron chi connectivity index (χ3n) is 3.60. The van der Waals surface area contributed by atoms with E-state index in [0.717, 1.165) is 19.3 Å². The molecule has 0 bridgehead atoms. The van der Waals surface area contributed by atoms with Gasteiger partial charge in [-0.1, -0.05) is 74.0 Å². The van der Waals surface area contributed by atoms with E-state index in [-0.39, 0.29) is 18.4 Å². The lowest BCUT2D eigenvalue weighted by Crippen LogP contribution is -2.23. The van der Waals surface area contributed by atoms with Crippen LogP contribution in [0.5, 0.6) is 0 Å². The maximum atomic E-state index is 6.26. The second-order valence-electron chi connectivity index (χ2n) is 5.16. The van der Waals surface area contributed by atoms with E-state index in [1.807, 2.05) is 0 Å². The van der Waals surface area contributed by atoms with E-state index >= 15 is 0 Å². The Kier molecular flexibility index (Phi) is 7.35. The Hall–Kier alpha value is -1.31. The van der Waals surface area contributed by atoms with Crippen molar-refractivity contribution < 1.29 is 0 Å². The summed E-state index contributed by atoms with van der Waals surface area (Å²) in [5.41, 5.74) is 8.98. The molecule has 0 saturated carbocycles. The lowest BCUT2D eigenvalue weighted by atomic mass is 9.85. The van der Waals surface area contributed by atoms with Crippen LogP contribution in [0.4, 0.5) is 0 Å². The van der Waals surface area contributed by atoms with Crippen LogP contribution in [-0.4, -0.2) is 6.04 Å². The summed E-state index contributed by atoms with van der Waals surface area (Å²) in [5, 5.41) is 0. The molecule has 2 aromatic carbocycles. The molecular weight excluding hydrogens is 266 g/mol. The topological polar surface area (TPSA) is 26.0 Å². The van der Waals surface area contributed by atoms with E-state index in [4.69, 9.17) is 5.73 Å². The van der Waals surface area contributed by atoms with Crippen molar-refractivity contribution in [1.82, 2.24) is 0 Å². The number of halogens is 1. The van der Waals surface area contributed by atoms with Crippen LogP contribution in [0.15, 0.2) is 60.7 Å². The van der Waals surface area contributed by atoms with Crippen molar-refractivity contribution in [2.75, 3.05) is 0 Å². The van der Waals surface area contributed by atoms with Gasteiger partial charge in [0.2, 0.25) is 0 Å². The van der Waals surface area contributed by atoms with Crippen molar-refractivity contribution in [3.05, 3.63) is 71.8 Å². The highest BCUT2D eigenvalue weighted by atomic mass is 35.5. The van der Waals surface area contributed by atoms with E-state index in [9.17, 15) is 0 Å². The Morgan fingerprint density at radius 2 is 1.30 bits per heavy atom. The molecule has 0 aliphatic rings. The van der Waals surface area contributed by atoms with Crippen molar-refractivity contribution in [2.45, 2.75) is 38.1 Å². The van der Waals surface area contributed by atoms with Gasteiger partial charge in [0.1, 0.15) is 0 Å². The molecule has 0 aromatic heterocycles. The van der Waals surface area contributed by atoms with Gasteiger partial charge in [-0.05, 0) is 24.0 Å². The van der Waals surface area contributed by atoms with Gasteiger partial charge >= 0.3 is 0 Å². The molecule has 2 heteroatoms. The molecular formula is C18H24ClN. The minimum atomic E-state index is 0. The molecule has 2 aromatic rings. The third-order valence-corrected chi connectivity index (χ3v) is 3.60. The van der Waals surface area contributed by atoms with E-state index in [1.165, 1.54) is 11.1 Å². The number of rotatable bonds is 6. The van der Waals surface area contributed by atoms with Crippen molar-refractivity contribution in [1.29, 1.82) is 0 Å². The minimum absolute atomic E-state index is 0. The Morgan fingerprint density at radius 3 is 1.70 bits per heavy atom. The zero-order valence-corrected chi connectivity index (χ0v) is 12.9. The molecule has 0 fully saturated rings. The van der Waals surface area contributed by atoms with Crippen LogP contribution >= 0.6 is 12.4 Å². The molecule has 20 heavy (non-hydrogen) atoms. The number of hydrogen-bond donors (Lipinski definition) is 1. The molecule has 0 radical (unpaired) electrons. The molecule has 0 aliphatic heterocycles. The lowest BCUT2D eigenvalue weighted by molar-refractivity contribution is 0.529. The second-order valence-corrected chi connectivity index (χ2v) is 5.16. The number of benzene rings is 2. The summed E-state index contributed by atoms with van der Waals surface area (Å²) in [7, 11) is 0. The minimum Gasteiger partial charge on any atom is -0.328 e. The average Bonchev–Trinajstić information content (AvgIpc) is 2.47. The molecule has 1 atom stereocenters. The Morgan fingerprint density at radius 1 is 0.850 bits per heavy atom. The van der Waals surface area contributed by atoms with Crippen molar-refractivity contribution in [3.8, 4) is 0 Å². The van der Waals surface area contributed by atoms with Crippen LogP contribution in [0.2, 0.25) is 0 Å². The summed E-state index contributed by atoms with van der Waals surface area (Å²) in [6.45, 7) is 2.19. The zero-order chi connectivity index (χ0) is 13.5. The van der Waals surface area contributed by atoms with Crippen LogP contribution in [0.25, 0.3) is 0 Å². The summed E-state index contributed by atoms with van der Waals surface area (Å²) < 4.78 is 0. The maximum Gasteiger partial charge on any atom is 0.0104 e. The van der Waals surface area contributed by atoms with Gasteiger partial charge in [0, 0.05) is 12.0 Å². The first kappa shape index (κ1) is 16.7. The Bertz CT molecular complexity index is 430. The smallest absolute Gasteiger partial charge is 0.0104 e.